The number of likely N-dealkylation sites (N-methyl/N-ethyl adjacent to an activating group) is 1. The van der Waals surface area contributed by atoms with E-state index in [9.17, 15) is 17.8 Å². The van der Waals surface area contributed by atoms with Crippen LogP contribution in [0.4, 0.5) is 13.9 Å². The van der Waals surface area contributed by atoms with Gasteiger partial charge in [-0.3, -0.25) is 13.9 Å². The van der Waals surface area contributed by atoms with Crippen molar-refractivity contribution in [3.8, 4) is 11.1 Å². The molecule has 0 saturated heterocycles. The molecule has 3 aromatic rings. The average molecular weight is 424 g/mol. The van der Waals surface area contributed by atoms with Gasteiger partial charge in [0.15, 0.2) is 5.13 Å². The molecule has 0 N–H and O–H groups in total. The summed E-state index contributed by atoms with van der Waals surface area (Å²) in [4.78, 5) is 17.9. The fourth-order valence-corrected chi connectivity index (χ4v) is 4.25. The van der Waals surface area contributed by atoms with E-state index in [0.717, 1.165) is 29.5 Å². The molecule has 0 aliphatic rings. The highest BCUT2D eigenvalue weighted by molar-refractivity contribution is 7.86. The third-order valence-electron chi connectivity index (χ3n) is 4.06. The van der Waals surface area contributed by atoms with Gasteiger partial charge in [-0.15, -0.1) is 0 Å². The Hall–Kier alpha value is -2.45. The summed E-state index contributed by atoms with van der Waals surface area (Å²) in [6, 6.07) is 9.64. The monoisotopic (exact) mass is 423 g/mol. The Morgan fingerprint density at radius 1 is 1.25 bits per heavy atom. The summed E-state index contributed by atoms with van der Waals surface area (Å²) < 4.78 is 62.0. The molecule has 0 radical (unpaired) electrons. The van der Waals surface area contributed by atoms with Crippen molar-refractivity contribution in [2.75, 3.05) is 18.2 Å². The Morgan fingerprint density at radius 3 is 2.57 bits per heavy atom. The molecule has 0 aliphatic heterocycles. The Kier molecular flexibility index (Phi) is 4.88. The molecule has 1 aromatic heterocycles. The van der Waals surface area contributed by atoms with Crippen molar-refractivity contribution in [3.05, 3.63) is 65.4 Å². The van der Waals surface area contributed by atoms with Crippen LogP contribution in [0.5, 0.6) is 0 Å². The molecule has 2 aromatic carbocycles. The highest BCUT2D eigenvalue weighted by Crippen LogP contribution is 2.28. The van der Waals surface area contributed by atoms with Gasteiger partial charge in [-0.1, -0.05) is 35.6 Å². The van der Waals surface area contributed by atoms with E-state index in [4.69, 9.17) is 4.11 Å². The second kappa shape index (κ2) is 8.28. The summed E-state index contributed by atoms with van der Waals surface area (Å²) in [6.07, 6.45) is 1.34. The number of hydrogen-bond donors (Lipinski definition) is 0. The first-order valence-corrected chi connectivity index (χ1v) is 10.5. The highest BCUT2D eigenvalue weighted by atomic mass is 32.2. The van der Waals surface area contributed by atoms with Gasteiger partial charge < -0.3 is 0 Å². The molecule has 1 heterocycles. The van der Waals surface area contributed by atoms with E-state index in [-0.39, 0.29) is 32.9 Å². The van der Waals surface area contributed by atoms with Crippen molar-refractivity contribution in [2.45, 2.75) is 17.5 Å². The largest absolute Gasteiger partial charge is 0.291 e. The fraction of sp³-hybridized carbons (Fsp3) is 0.200. The minimum Gasteiger partial charge on any atom is -0.291 e. The Labute approximate surface area is 172 Å². The van der Waals surface area contributed by atoms with Crippen LogP contribution >= 0.6 is 11.3 Å². The minimum atomic E-state index is -2.54. The van der Waals surface area contributed by atoms with Gasteiger partial charge in [0.2, 0.25) is 5.91 Å². The smallest absolute Gasteiger partial charge is 0.232 e. The zero-order valence-electron chi connectivity index (χ0n) is 18.0. The van der Waals surface area contributed by atoms with E-state index < -0.39 is 29.3 Å². The molecule has 1 atom stereocenters. The van der Waals surface area contributed by atoms with Gasteiger partial charge in [0.25, 0.3) is 0 Å². The quantitative estimate of drug-likeness (QED) is 0.613. The number of benzene rings is 2. The number of amides is 1. The lowest BCUT2D eigenvalue weighted by molar-refractivity contribution is -0.117. The fourth-order valence-electron chi connectivity index (χ4n) is 2.55. The standard InChI is InChI=1S/C20H18F2N2O2S2/c1-12-19(28(3)26)27-20(23-12)24(2)18(25)10-13-4-6-14(7-5-13)16-11-15(21)8-9-17(16)22/h4-9,11H,10H2,1-3H3/i1D3. The van der Waals surface area contributed by atoms with E-state index in [0.29, 0.717) is 11.1 Å². The van der Waals surface area contributed by atoms with Crippen LogP contribution in [0, 0.1) is 18.5 Å². The number of hydrogen-bond acceptors (Lipinski definition) is 4. The third-order valence-corrected chi connectivity index (χ3v) is 6.65. The second-order valence-corrected chi connectivity index (χ2v) is 8.59. The van der Waals surface area contributed by atoms with E-state index in [1.807, 2.05) is 0 Å². The van der Waals surface area contributed by atoms with E-state index in [1.165, 1.54) is 18.2 Å². The molecular formula is C20H18F2N2O2S2. The predicted octanol–water partition coefficient (Wildman–Crippen LogP) is 4.34. The number of rotatable bonds is 5. The van der Waals surface area contributed by atoms with Gasteiger partial charge in [-0.05, 0) is 36.2 Å². The SMILES string of the molecule is [2H]C([2H])([2H])c1nc(N(C)C(=O)Cc2ccc(-c3cc(F)ccc3F)cc2)sc1S(C)=O. The summed E-state index contributed by atoms with van der Waals surface area (Å²) in [7, 11) is -0.0961. The van der Waals surface area contributed by atoms with Crippen molar-refractivity contribution in [1.82, 2.24) is 4.98 Å². The van der Waals surface area contributed by atoms with E-state index in [1.54, 1.807) is 24.3 Å². The van der Waals surface area contributed by atoms with Crippen molar-refractivity contribution in [1.29, 1.82) is 0 Å². The number of aryl methyl sites for hydroxylation is 1. The number of carbonyl (C=O) groups excluding carboxylic acids is 1. The lowest BCUT2D eigenvalue weighted by Gasteiger charge is -2.14. The van der Waals surface area contributed by atoms with E-state index >= 15 is 0 Å². The van der Waals surface area contributed by atoms with Crippen LogP contribution in [-0.4, -0.2) is 28.4 Å². The predicted molar refractivity (Wildman–Crippen MR) is 108 cm³/mol. The molecule has 28 heavy (non-hydrogen) atoms. The summed E-state index contributed by atoms with van der Waals surface area (Å²) in [5.41, 5.74) is 0.952. The zero-order chi connectivity index (χ0) is 22.9. The molecule has 0 fully saturated rings. The molecule has 146 valence electrons. The number of anilines is 1. The minimum absolute atomic E-state index is 0.0182. The first-order chi connectivity index (χ1) is 14.5. The number of thiazole rings is 1. The van der Waals surface area contributed by atoms with Crippen molar-refractivity contribution >= 4 is 33.2 Å². The Balaban J connectivity index is 1.79. The normalized spacial score (nSPS) is 14.1. The maximum absolute atomic E-state index is 13.9. The molecule has 1 amide bonds. The van der Waals surface area contributed by atoms with Crippen LogP contribution in [0.15, 0.2) is 46.7 Å². The molecule has 0 aliphatic carbocycles. The van der Waals surface area contributed by atoms with Gasteiger partial charge in [-0.25, -0.2) is 13.8 Å². The van der Waals surface area contributed by atoms with Crippen molar-refractivity contribution in [2.24, 2.45) is 0 Å². The number of carbonyl (C=O) groups is 1. The van der Waals surface area contributed by atoms with Crippen LogP contribution < -0.4 is 4.90 Å². The van der Waals surface area contributed by atoms with Crippen LogP contribution in [0.1, 0.15) is 15.4 Å². The molecule has 0 spiro atoms. The van der Waals surface area contributed by atoms with Gasteiger partial charge >= 0.3 is 0 Å². The van der Waals surface area contributed by atoms with Crippen molar-refractivity contribution < 1.29 is 21.9 Å². The molecule has 0 saturated carbocycles. The number of halogens is 2. The van der Waals surface area contributed by atoms with Crippen LogP contribution in [0.2, 0.25) is 0 Å². The summed E-state index contributed by atoms with van der Waals surface area (Å²) in [5.74, 6) is -1.46. The topological polar surface area (TPSA) is 50.3 Å². The van der Waals surface area contributed by atoms with Crippen LogP contribution in [-0.2, 0) is 22.0 Å². The second-order valence-electron chi connectivity index (χ2n) is 6.04. The molecule has 1 unspecified atom stereocenters. The van der Waals surface area contributed by atoms with Gasteiger partial charge in [0, 0.05) is 23.0 Å². The van der Waals surface area contributed by atoms with Gasteiger partial charge in [0.1, 0.15) is 15.8 Å². The summed E-state index contributed by atoms with van der Waals surface area (Å²) in [5, 5.41) is 0.139. The van der Waals surface area contributed by atoms with Crippen LogP contribution in [0.25, 0.3) is 11.1 Å². The highest BCUT2D eigenvalue weighted by Gasteiger charge is 2.18. The summed E-state index contributed by atoms with van der Waals surface area (Å²) in [6.45, 7) is -2.54. The number of nitrogens with zero attached hydrogens (tertiary/aromatic N) is 2. The molecule has 4 nitrogen and oxygen atoms in total. The summed E-state index contributed by atoms with van der Waals surface area (Å²) >= 11 is 0.901. The zero-order valence-corrected chi connectivity index (χ0v) is 16.7. The average Bonchev–Trinajstić information content (AvgIpc) is 3.16. The molecule has 3 rings (SSSR count). The first-order valence-electron chi connectivity index (χ1n) is 9.63. The number of aromatic nitrogens is 1. The Morgan fingerprint density at radius 2 is 1.96 bits per heavy atom. The van der Waals surface area contributed by atoms with Gasteiger partial charge in [-0.2, -0.15) is 0 Å². The maximum atomic E-state index is 13.9. The lowest BCUT2D eigenvalue weighted by Crippen LogP contribution is -2.27. The molecule has 8 heteroatoms. The first kappa shape index (κ1) is 16.5. The van der Waals surface area contributed by atoms with Crippen LogP contribution in [0.3, 0.4) is 0 Å². The molecule has 0 bridgehead atoms. The Bertz CT molecular complexity index is 1150. The van der Waals surface area contributed by atoms with E-state index in [2.05, 4.69) is 4.98 Å². The molecular weight excluding hydrogens is 402 g/mol. The lowest BCUT2D eigenvalue weighted by atomic mass is 10.0. The van der Waals surface area contributed by atoms with Crippen molar-refractivity contribution in [3.63, 3.8) is 0 Å². The maximum Gasteiger partial charge on any atom is 0.232 e. The third kappa shape index (κ3) is 4.34. The van der Waals surface area contributed by atoms with Gasteiger partial charge in [0.05, 0.1) is 22.9 Å².